The summed E-state index contributed by atoms with van der Waals surface area (Å²) in [7, 11) is 1.81. The number of carbonyl (C=O) groups is 1. The Morgan fingerprint density at radius 1 is 1.31 bits per heavy atom. The number of hydrogen-bond acceptors (Lipinski definition) is 5. The van der Waals surface area contributed by atoms with Crippen molar-refractivity contribution in [2.75, 3.05) is 13.7 Å². The number of thiazole rings is 1. The second-order valence-corrected chi connectivity index (χ2v) is 7.33. The Kier molecular flexibility index (Phi) is 4.65. The summed E-state index contributed by atoms with van der Waals surface area (Å²) >= 11 is 1.31. The van der Waals surface area contributed by atoms with Gasteiger partial charge in [-0.2, -0.15) is 0 Å². The minimum Gasteiger partial charge on any atom is -0.373 e. The van der Waals surface area contributed by atoms with E-state index in [2.05, 4.69) is 9.97 Å². The summed E-state index contributed by atoms with van der Waals surface area (Å²) in [6.45, 7) is 0.561. The van der Waals surface area contributed by atoms with Crippen LogP contribution in [0.1, 0.15) is 34.3 Å². The van der Waals surface area contributed by atoms with E-state index in [1.54, 1.807) is 30.3 Å². The SMILES string of the molecule is CN(C(=O)c1nc2cccnc2s1)C1CCOC(c2ccc(F)cc2)C1. The van der Waals surface area contributed by atoms with Crippen molar-refractivity contribution in [2.24, 2.45) is 0 Å². The maximum atomic E-state index is 13.1. The van der Waals surface area contributed by atoms with Crippen molar-refractivity contribution in [3.63, 3.8) is 0 Å². The number of halogens is 1. The third-order valence-electron chi connectivity index (χ3n) is 4.72. The van der Waals surface area contributed by atoms with Crippen LogP contribution in [0.15, 0.2) is 42.6 Å². The molecule has 4 rings (SSSR count). The molecule has 1 saturated heterocycles. The molecule has 26 heavy (non-hydrogen) atoms. The molecule has 0 spiro atoms. The lowest BCUT2D eigenvalue weighted by Crippen LogP contribution is -2.41. The minimum atomic E-state index is -0.266. The molecule has 0 aliphatic carbocycles. The van der Waals surface area contributed by atoms with Crippen LogP contribution >= 0.6 is 11.3 Å². The molecular weight excluding hydrogens is 353 g/mol. The predicted molar refractivity (Wildman–Crippen MR) is 97.6 cm³/mol. The van der Waals surface area contributed by atoms with Crippen molar-refractivity contribution in [1.82, 2.24) is 14.9 Å². The Morgan fingerprint density at radius 3 is 2.88 bits per heavy atom. The van der Waals surface area contributed by atoms with Crippen molar-refractivity contribution >= 4 is 27.6 Å². The van der Waals surface area contributed by atoms with Crippen LogP contribution in [0.3, 0.4) is 0 Å². The lowest BCUT2D eigenvalue weighted by molar-refractivity contribution is -0.0197. The van der Waals surface area contributed by atoms with E-state index in [-0.39, 0.29) is 23.9 Å². The largest absolute Gasteiger partial charge is 0.373 e. The summed E-state index contributed by atoms with van der Waals surface area (Å²) in [5.41, 5.74) is 1.67. The summed E-state index contributed by atoms with van der Waals surface area (Å²) in [5.74, 6) is -0.365. The topological polar surface area (TPSA) is 55.3 Å². The molecule has 1 amide bonds. The maximum absolute atomic E-state index is 13.1. The third kappa shape index (κ3) is 3.32. The van der Waals surface area contributed by atoms with Gasteiger partial charge in [-0.25, -0.2) is 14.4 Å². The van der Waals surface area contributed by atoms with Gasteiger partial charge in [0.25, 0.3) is 5.91 Å². The normalized spacial score (nSPS) is 20.2. The van der Waals surface area contributed by atoms with Gasteiger partial charge in [0.15, 0.2) is 5.01 Å². The van der Waals surface area contributed by atoms with Gasteiger partial charge in [-0.15, -0.1) is 0 Å². The number of benzene rings is 1. The number of pyridine rings is 1. The van der Waals surface area contributed by atoms with Gasteiger partial charge < -0.3 is 9.64 Å². The van der Waals surface area contributed by atoms with E-state index in [9.17, 15) is 9.18 Å². The summed E-state index contributed by atoms with van der Waals surface area (Å²) in [6.07, 6.45) is 3.01. The van der Waals surface area contributed by atoms with Gasteiger partial charge in [0.1, 0.15) is 16.2 Å². The number of rotatable bonds is 3. The zero-order chi connectivity index (χ0) is 18.1. The Hall–Kier alpha value is -2.38. The summed E-state index contributed by atoms with van der Waals surface area (Å²) in [5, 5.41) is 0.450. The highest BCUT2D eigenvalue weighted by Gasteiger charge is 2.30. The highest BCUT2D eigenvalue weighted by molar-refractivity contribution is 7.19. The van der Waals surface area contributed by atoms with Crippen LogP contribution in [0.25, 0.3) is 10.3 Å². The van der Waals surface area contributed by atoms with Crippen molar-refractivity contribution < 1.29 is 13.9 Å². The van der Waals surface area contributed by atoms with E-state index >= 15 is 0 Å². The summed E-state index contributed by atoms with van der Waals surface area (Å²) in [4.78, 5) is 24.0. The smallest absolute Gasteiger partial charge is 0.282 e. The van der Waals surface area contributed by atoms with Crippen LogP contribution in [-0.2, 0) is 4.74 Å². The second kappa shape index (κ2) is 7.09. The number of hydrogen-bond donors (Lipinski definition) is 0. The van der Waals surface area contributed by atoms with Gasteiger partial charge in [-0.1, -0.05) is 23.5 Å². The number of ether oxygens (including phenoxy) is 1. The fraction of sp³-hybridized carbons (Fsp3) is 0.316. The first kappa shape index (κ1) is 17.1. The zero-order valence-electron chi connectivity index (χ0n) is 14.3. The molecule has 2 unspecified atom stereocenters. The lowest BCUT2D eigenvalue weighted by Gasteiger charge is -2.35. The minimum absolute atomic E-state index is 0.0475. The molecule has 134 valence electrons. The van der Waals surface area contributed by atoms with Crippen molar-refractivity contribution in [2.45, 2.75) is 25.0 Å². The molecule has 5 nitrogen and oxygen atoms in total. The van der Waals surface area contributed by atoms with Crippen LogP contribution in [0.2, 0.25) is 0 Å². The highest BCUT2D eigenvalue weighted by Crippen LogP contribution is 2.31. The zero-order valence-corrected chi connectivity index (χ0v) is 15.1. The van der Waals surface area contributed by atoms with Crippen LogP contribution in [0, 0.1) is 5.82 Å². The molecule has 0 bridgehead atoms. The first-order valence-electron chi connectivity index (χ1n) is 8.47. The van der Waals surface area contributed by atoms with Crippen LogP contribution in [-0.4, -0.2) is 40.5 Å². The quantitative estimate of drug-likeness (QED) is 0.702. The fourth-order valence-corrected chi connectivity index (χ4v) is 4.11. The Bertz CT molecular complexity index is 895. The molecule has 1 aliphatic heterocycles. The Morgan fingerprint density at radius 2 is 2.12 bits per heavy atom. The van der Waals surface area contributed by atoms with Gasteiger partial charge in [-0.3, -0.25) is 4.79 Å². The molecule has 1 aliphatic rings. The number of carbonyl (C=O) groups excluding carboxylic acids is 1. The highest BCUT2D eigenvalue weighted by atomic mass is 32.1. The molecule has 1 aromatic carbocycles. The molecule has 3 heterocycles. The first-order valence-corrected chi connectivity index (χ1v) is 9.29. The standard InChI is InChI=1S/C19H18FN3O2S/c1-23(19(24)18-22-15-3-2-9-21-17(15)26-18)14-8-10-25-16(11-14)12-4-6-13(20)7-5-12/h2-7,9,14,16H,8,10-11H2,1H3. The predicted octanol–water partition coefficient (Wildman–Crippen LogP) is 3.82. The number of nitrogens with zero attached hydrogens (tertiary/aromatic N) is 3. The second-order valence-electron chi connectivity index (χ2n) is 6.35. The molecule has 3 aromatic rings. The van der Waals surface area contributed by atoms with Gasteiger partial charge in [-0.05, 0) is 42.7 Å². The lowest BCUT2D eigenvalue weighted by atomic mass is 9.96. The van der Waals surface area contributed by atoms with Crippen LogP contribution in [0.5, 0.6) is 0 Å². The molecule has 0 N–H and O–H groups in total. The fourth-order valence-electron chi connectivity index (χ4n) is 3.22. The summed E-state index contributed by atoms with van der Waals surface area (Å²) < 4.78 is 19.0. The van der Waals surface area contributed by atoms with E-state index in [0.29, 0.717) is 18.0 Å². The molecule has 2 aromatic heterocycles. The van der Waals surface area contributed by atoms with Crippen LogP contribution < -0.4 is 0 Å². The van der Waals surface area contributed by atoms with Crippen molar-refractivity contribution in [3.05, 3.63) is 59.0 Å². The molecule has 1 fully saturated rings. The van der Waals surface area contributed by atoms with Gasteiger partial charge >= 0.3 is 0 Å². The van der Waals surface area contributed by atoms with Crippen molar-refractivity contribution in [3.8, 4) is 0 Å². The third-order valence-corrected chi connectivity index (χ3v) is 5.68. The molecule has 2 atom stereocenters. The van der Waals surface area contributed by atoms with E-state index in [1.807, 2.05) is 12.1 Å². The number of aromatic nitrogens is 2. The molecular formula is C19H18FN3O2S. The number of amides is 1. The molecule has 0 saturated carbocycles. The van der Waals surface area contributed by atoms with Gasteiger partial charge in [0, 0.05) is 25.9 Å². The average Bonchev–Trinajstić information content (AvgIpc) is 3.12. The van der Waals surface area contributed by atoms with E-state index in [0.717, 1.165) is 22.3 Å². The average molecular weight is 371 g/mol. The molecule has 7 heteroatoms. The molecule has 0 radical (unpaired) electrons. The monoisotopic (exact) mass is 371 g/mol. The first-order chi connectivity index (χ1) is 12.6. The van der Waals surface area contributed by atoms with Crippen molar-refractivity contribution in [1.29, 1.82) is 0 Å². The maximum Gasteiger partial charge on any atom is 0.282 e. The van der Waals surface area contributed by atoms with Crippen LogP contribution in [0.4, 0.5) is 4.39 Å². The van der Waals surface area contributed by atoms with E-state index < -0.39 is 0 Å². The Balaban J connectivity index is 1.50. The van der Waals surface area contributed by atoms with E-state index in [4.69, 9.17) is 4.74 Å². The summed E-state index contributed by atoms with van der Waals surface area (Å²) in [6, 6.07) is 10.1. The number of fused-ring (bicyclic) bond motifs is 1. The Labute approximate surface area is 154 Å². The van der Waals surface area contributed by atoms with Gasteiger partial charge in [0.2, 0.25) is 0 Å². The van der Waals surface area contributed by atoms with Gasteiger partial charge in [0.05, 0.1) is 6.10 Å². The van der Waals surface area contributed by atoms with E-state index in [1.165, 1.54) is 23.5 Å².